The highest BCUT2D eigenvalue weighted by Crippen LogP contribution is 2.34. The van der Waals surface area contributed by atoms with Gasteiger partial charge >= 0.3 is 0 Å². The van der Waals surface area contributed by atoms with Crippen LogP contribution >= 0.6 is 0 Å². The van der Waals surface area contributed by atoms with Crippen molar-refractivity contribution in [1.29, 1.82) is 0 Å². The van der Waals surface area contributed by atoms with Crippen molar-refractivity contribution in [3.8, 4) is 0 Å². The lowest BCUT2D eigenvalue weighted by molar-refractivity contribution is 0.0464. The molecular formula is C14H28N2O. The average molecular weight is 240 g/mol. The monoisotopic (exact) mass is 240 g/mol. The Kier molecular flexibility index (Phi) is 4.83. The standard InChI is InChI=1S/C14H28N2O/c1-11(13-4-3-5-13)16-9-12(6-7-17)8-14(10-16)15-2/h11-15,17H,3-10H2,1-2H3. The molecule has 3 atom stereocenters. The van der Waals surface area contributed by atoms with Gasteiger partial charge in [-0.2, -0.15) is 0 Å². The third kappa shape index (κ3) is 3.21. The summed E-state index contributed by atoms with van der Waals surface area (Å²) in [6.07, 6.45) is 6.47. The van der Waals surface area contributed by atoms with Gasteiger partial charge in [0.05, 0.1) is 0 Å². The van der Waals surface area contributed by atoms with E-state index in [-0.39, 0.29) is 0 Å². The lowest BCUT2D eigenvalue weighted by atomic mass is 9.78. The minimum atomic E-state index is 0.340. The van der Waals surface area contributed by atoms with E-state index in [2.05, 4.69) is 24.2 Å². The Morgan fingerprint density at radius 1 is 1.35 bits per heavy atom. The molecule has 1 saturated heterocycles. The lowest BCUT2D eigenvalue weighted by Gasteiger charge is -2.45. The number of likely N-dealkylation sites (tertiary alicyclic amines) is 1. The van der Waals surface area contributed by atoms with Crippen molar-refractivity contribution < 1.29 is 5.11 Å². The molecular weight excluding hydrogens is 212 g/mol. The van der Waals surface area contributed by atoms with Gasteiger partial charge in [0, 0.05) is 31.8 Å². The van der Waals surface area contributed by atoms with Gasteiger partial charge in [-0.3, -0.25) is 4.90 Å². The molecule has 0 radical (unpaired) electrons. The van der Waals surface area contributed by atoms with Crippen LogP contribution in [0.25, 0.3) is 0 Å². The second-order valence-electron chi connectivity index (χ2n) is 5.99. The Hall–Kier alpha value is -0.120. The normalized spacial score (nSPS) is 33.4. The number of rotatable bonds is 5. The highest BCUT2D eigenvalue weighted by atomic mass is 16.3. The fourth-order valence-electron chi connectivity index (χ4n) is 3.39. The molecule has 3 unspecified atom stereocenters. The van der Waals surface area contributed by atoms with Crippen molar-refractivity contribution in [2.24, 2.45) is 11.8 Å². The number of aliphatic hydroxyl groups excluding tert-OH is 1. The predicted molar refractivity (Wildman–Crippen MR) is 71.0 cm³/mol. The molecule has 3 nitrogen and oxygen atoms in total. The van der Waals surface area contributed by atoms with Crippen LogP contribution in [0.15, 0.2) is 0 Å². The van der Waals surface area contributed by atoms with E-state index in [1.165, 1.54) is 38.8 Å². The first-order valence-corrected chi connectivity index (χ1v) is 7.26. The van der Waals surface area contributed by atoms with E-state index in [4.69, 9.17) is 5.11 Å². The predicted octanol–water partition coefficient (Wildman–Crippen LogP) is 1.47. The number of piperidine rings is 1. The summed E-state index contributed by atoms with van der Waals surface area (Å²) in [5.41, 5.74) is 0. The molecule has 0 aromatic carbocycles. The number of likely N-dealkylation sites (N-methyl/N-ethyl adjacent to an activating group) is 1. The smallest absolute Gasteiger partial charge is 0.0434 e. The van der Waals surface area contributed by atoms with Gasteiger partial charge < -0.3 is 10.4 Å². The van der Waals surface area contributed by atoms with Crippen LogP contribution in [0, 0.1) is 11.8 Å². The van der Waals surface area contributed by atoms with Crippen LogP contribution in [0.2, 0.25) is 0 Å². The molecule has 100 valence electrons. The summed E-state index contributed by atoms with van der Waals surface area (Å²) in [5, 5.41) is 12.6. The van der Waals surface area contributed by atoms with Gasteiger partial charge in [0.15, 0.2) is 0 Å². The Labute approximate surface area is 106 Å². The summed E-state index contributed by atoms with van der Waals surface area (Å²) in [4.78, 5) is 2.66. The molecule has 3 heteroatoms. The molecule has 2 aliphatic rings. The Balaban J connectivity index is 1.90. The fourth-order valence-corrected chi connectivity index (χ4v) is 3.39. The van der Waals surface area contributed by atoms with Crippen molar-refractivity contribution in [2.45, 2.75) is 51.1 Å². The van der Waals surface area contributed by atoms with Crippen molar-refractivity contribution in [3.63, 3.8) is 0 Å². The fraction of sp³-hybridized carbons (Fsp3) is 1.00. The molecule has 17 heavy (non-hydrogen) atoms. The second kappa shape index (κ2) is 6.17. The van der Waals surface area contributed by atoms with Crippen molar-refractivity contribution in [2.75, 3.05) is 26.7 Å². The Bertz CT molecular complexity index is 230. The van der Waals surface area contributed by atoms with E-state index >= 15 is 0 Å². The van der Waals surface area contributed by atoms with E-state index < -0.39 is 0 Å². The first kappa shape index (κ1) is 13.3. The van der Waals surface area contributed by atoms with Crippen LogP contribution in [0.1, 0.15) is 39.0 Å². The van der Waals surface area contributed by atoms with Crippen LogP contribution < -0.4 is 5.32 Å². The molecule has 1 heterocycles. The van der Waals surface area contributed by atoms with E-state index in [1.807, 2.05) is 0 Å². The zero-order chi connectivity index (χ0) is 12.3. The van der Waals surface area contributed by atoms with Crippen molar-refractivity contribution >= 4 is 0 Å². The van der Waals surface area contributed by atoms with Gasteiger partial charge in [0.2, 0.25) is 0 Å². The molecule has 0 aromatic heterocycles. The van der Waals surface area contributed by atoms with Crippen molar-refractivity contribution in [1.82, 2.24) is 10.2 Å². The molecule has 1 aliphatic heterocycles. The summed E-state index contributed by atoms with van der Waals surface area (Å²) in [6.45, 7) is 5.12. The highest BCUT2D eigenvalue weighted by Gasteiger charge is 2.33. The molecule has 2 rings (SSSR count). The van der Waals surface area contributed by atoms with Gasteiger partial charge in [-0.1, -0.05) is 6.42 Å². The molecule has 2 fully saturated rings. The molecule has 2 N–H and O–H groups in total. The van der Waals surface area contributed by atoms with Crippen LogP contribution in [0.5, 0.6) is 0 Å². The zero-order valence-electron chi connectivity index (χ0n) is 11.4. The number of aliphatic hydroxyl groups is 1. The third-order valence-electron chi connectivity index (χ3n) is 4.92. The highest BCUT2D eigenvalue weighted by molar-refractivity contribution is 4.89. The first-order chi connectivity index (χ1) is 8.24. The third-order valence-corrected chi connectivity index (χ3v) is 4.92. The second-order valence-corrected chi connectivity index (χ2v) is 5.99. The largest absolute Gasteiger partial charge is 0.396 e. The maximum Gasteiger partial charge on any atom is 0.0434 e. The van der Waals surface area contributed by atoms with Crippen LogP contribution in [0.4, 0.5) is 0 Å². The summed E-state index contributed by atoms with van der Waals surface area (Å²) in [6, 6.07) is 1.35. The molecule has 1 saturated carbocycles. The van der Waals surface area contributed by atoms with Gasteiger partial charge in [-0.25, -0.2) is 0 Å². The van der Waals surface area contributed by atoms with E-state index in [0.29, 0.717) is 18.6 Å². The SMILES string of the molecule is CNC1CC(CCO)CN(C(C)C2CCC2)C1. The summed E-state index contributed by atoms with van der Waals surface area (Å²) in [7, 11) is 2.07. The maximum atomic E-state index is 9.13. The molecule has 0 bridgehead atoms. The van der Waals surface area contributed by atoms with Gasteiger partial charge in [0.25, 0.3) is 0 Å². The molecule has 0 spiro atoms. The Morgan fingerprint density at radius 3 is 2.65 bits per heavy atom. The van der Waals surface area contributed by atoms with Crippen LogP contribution in [-0.2, 0) is 0 Å². The molecule has 0 amide bonds. The van der Waals surface area contributed by atoms with E-state index in [1.54, 1.807) is 0 Å². The summed E-state index contributed by atoms with van der Waals surface area (Å²) >= 11 is 0. The lowest BCUT2D eigenvalue weighted by Crippen LogP contribution is -2.53. The minimum Gasteiger partial charge on any atom is -0.396 e. The summed E-state index contributed by atoms with van der Waals surface area (Å²) < 4.78 is 0. The summed E-state index contributed by atoms with van der Waals surface area (Å²) in [5.74, 6) is 1.61. The number of hydrogen-bond acceptors (Lipinski definition) is 3. The zero-order valence-corrected chi connectivity index (χ0v) is 11.4. The molecule has 1 aliphatic carbocycles. The van der Waals surface area contributed by atoms with Gasteiger partial charge in [0.1, 0.15) is 0 Å². The molecule has 0 aromatic rings. The van der Waals surface area contributed by atoms with Crippen LogP contribution in [-0.4, -0.2) is 48.8 Å². The number of hydrogen-bond donors (Lipinski definition) is 2. The van der Waals surface area contributed by atoms with E-state index in [9.17, 15) is 0 Å². The average Bonchev–Trinajstić information content (AvgIpc) is 2.26. The van der Waals surface area contributed by atoms with E-state index in [0.717, 1.165) is 18.4 Å². The van der Waals surface area contributed by atoms with Crippen LogP contribution in [0.3, 0.4) is 0 Å². The topological polar surface area (TPSA) is 35.5 Å². The Morgan fingerprint density at radius 2 is 2.12 bits per heavy atom. The van der Waals surface area contributed by atoms with Gasteiger partial charge in [-0.05, 0) is 51.5 Å². The number of nitrogens with one attached hydrogen (secondary N) is 1. The quantitative estimate of drug-likeness (QED) is 0.764. The van der Waals surface area contributed by atoms with Gasteiger partial charge in [-0.15, -0.1) is 0 Å². The number of nitrogens with zero attached hydrogens (tertiary/aromatic N) is 1. The maximum absolute atomic E-state index is 9.13. The van der Waals surface area contributed by atoms with Crippen molar-refractivity contribution in [3.05, 3.63) is 0 Å². The minimum absolute atomic E-state index is 0.340. The first-order valence-electron chi connectivity index (χ1n) is 7.26.